The molecule has 0 amide bonds. The lowest BCUT2D eigenvalue weighted by Crippen LogP contribution is -2.35. The lowest BCUT2D eigenvalue weighted by molar-refractivity contribution is 0.174. The minimum atomic E-state index is -0.587. The molecule has 0 aromatic heterocycles. The highest BCUT2D eigenvalue weighted by atomic mass is 16.7. The highest BCUT2D eigenvalue weighted by molar-refractivity contribution is 5.62. The predicted molar refractivity (Wildman–Crippen MR) is 67.8 cm³/mol. The Hall–Kier alpha value is -2.50. The Morgan fingerprint density at radius 3 is 2.79 bits per heavy atom. The van der Waals surface area contributed by atoms with Crippen LogP contribution < -0.4 is 30.4 Å². The van der Waals surface area contributed by atoms with E-state index in [-0.39, 0.29) is 18.2 Å². The molecule has 0 aliphatic carbocycles. The number of anilines is 1. The topological polar surface area (TPSA) is 73.9 Å². The molecule has 0 spiro atoms. The molecule has 1 aliphatic rings. The second kappa shape index (κ2) is 4.31. The molecular formula is C13H11NO5. The second-order valence-corrected chi connectivity index (χ2v) is 4.11. The molecular weight excluding hydrogens is 250 g/mol. The van der Waals surface area contributed by atoms with Gasteiger partial charge >= 0.3 is 0 Å². The van der Waals surface area contributed by atoms with E-state index in [0.29, 0.717) is 18.0 Å². The van der Waals surface area contributed by atoms with Gasteiger partial charge in [0.2, 0.25) is 6.79 Å². The maximum Gasteiger partial charge on any atom is 0.271 e. The van der Waals surface area contributed by atoms with Gasteiger partial charge in [-0.15, -0.1) is 0 Å². The molecule has 0 atom stereocenters. The molecule has 0 saturated carbocycles. The van der Waals surface area contributed by atoms with E-state index < -0.39 is 10.9 Å². The lowest BCUT2D eigenvalue weighted by Gasteiger charge is -2.11. The summed E-state index contributed by atoms with van der Waals surface area (Å²) in [6.07, 6.45) is 0. The van der Waals surface area contributed by atoms with E-state index in [1.807, 2.05) is 12.1 Å². The summed E-state index contributed by atoms with van der Waals surface area (Å²) in [6, 6.07) is 5.49. The first-order valence-corrected chi connectivity index (χ1v) is 5.70. The van der Waals surface area contributed by atoms with Gasteiger partial charge in [-0.25, -0.2) is 0 Å². The van der Waals surface area contributed by atoms with Gasteiger partial charge in [0.1, 0.15) is 5.69 Å². The van der Waals surface area contributed by atoms with Crippen LogP contribution in [0.4, 0.5) is 5.69 Å². The molecule has 0 bridgehead atoms. The van der Waals surface area contributed by atoms with E-state index in [1.165, 1.54) is 7.11 Å². The smallest absolute Gasteiger partial charge is 0.271 e. The summed E-state index contributed by atoms with van der Waals surface area (Å²) in [5.74, 6) is 1.47. The van der Waals surface area contributed by atoms with Crippen molar-refractivity contribution in [3.05, 3.63) is 44.2 Å². The summed E-state index contributed by atoms with van der Waals surface area (Å²) in [6.45, 7) is 0.621. The van der Waals surface area contributed by atoms with Crippen LogP contribution >= 0.6 is 0 Å². The summed E-state index contributed by atoms with van der Waals surface area (Å²) < 4.78 is 15.3. The van der Waals surface area contributed by atoms with E-state index in [4.69, 9.17) is 14.2 Å². The Balaban J connectivity index is 1.75. The van der Waals surface area contributed by atoms with Crippen molar-refractivity contribution in [3.63, 3.8) is 0 Å². The molecule has 19 heavy (non-hydrogen) atoms. The molecule has 1 N–H and O–H groups in total. The Labute approximate surface area is 108 Å². The van der Waals surface area contributed by atoms with Crippen molar-refractivity contribution in [2.45, 2.75) is 6.54 Å². The number of benzene rings is 1. The van der Waals surface area contributed by atoms with Crippen molar-refractivity contribution in [1.82, 2.24) is 0 Å². The van der Waals surface area contributed by atoms with Gasteiger partial charge in [-0.2, -0.15) is 0 Å². The number of hydrogen-bond donors (Lipinski definition) is 1. The third kappa shape index (κ3) is 1.81. The summed E-state index contributed by atoms with van der Waals surface area (Å²) in [4.78, 5) is 22.5. The average molecular weight is 261 g/mol. The monoisotopic (exact) mass is 261 g/mol. The number of methoxy groups -OCH3 is 1. The van der Waals surface area contributed by atoms with E-state index in [0.717, 1.165) is 5.56 Å². The van der Waals surface area contributed by atoms with Crippen LogP contribution in [0.25, 0.3) is 0 Å². The van der Waals surface area contributed by atoms with Crippen LogP contribution in [0.5, 0.6) is 17.2 Å². The fraction of sp³-hybridized carbons (Fsp3) is 0.231. The van der Waals surface area contributed by atoms with Crippen LogP contribution in [0.1, 0.15) is 5.56 Å². The molecule has 2 aromatic carbocycles. The van der Waals surface area contributed by atoms with Crippen LogP contribution in [0.15, 0.2) is 27.8 Å². The van der Waals surface area contributed by atoms with Gasteiger partial charge in [0.05, 0.1) is 7.11 Å². The maximum atomic E-state index is 11.3. The van der Waals surface area contributed by atoms with Crippen molar-refractivity contribution >= 4 is 5.69 Å². The van der Waals surface area contributed by atoms with Crippen LogP contribution in [-0.4, -0.2) is 13.9 Å². The van der Waals surface area contributed by atoms with Crippen LogP contribution in [-0.2, 0) is 6.54 Å². The first kappa shape index (κ1) is 11.6. The second-order valence-electron chi connectivity index (χ2n) is 4.11. The molecule has 6 heteroatoms. The van der Waals surface area contributed by atoms with E-state index in [1.54, 1.807) is 6.07 Å². The van der Waals surface area contributed by atoms with Crippen molar-refractivity contribution < 1.29 is 14.2 Å². The van der Waals surface area contributed by atoms with Gasteiger partial charge in [-0.3, -0.25) is 9.59 Å². The first-order chi connectivity index (χ1) is 9.20. The van der Waals surface area contributed by atoms with Crippen molar-refractivity contribution in [2.24, 2.45) is 0 Å². The predicted octanol–water partition coefficient (Wildman–Crippen LogP) is 0.632. The number of nitrogens with one attached hydrogen (secondary N) is 1. The molecule has 98 valence electrons. The van der Waals surface area contributed by atoms with Gasteiger partial charge in [0.15, 0.2) is 17.2 Å². The quantitative estimate of drug-likeness (QED) is 0.814. The number of ether oxygens (including phenoxy) is 3. The van der Waals surface area contributed by atoms with Crippen molar-refractivity contribution in [3.8, 4) is 17.2 Å². The average Bonchev–Trinajstić information content (AvgIpc) is 2.89. The van der Waals surface area contributed by atoms with Crippen LogP contribution in [0.3, 0.4) is 0 Å². The zero-order valence-corrected chi connectivity index (χ0v) is 10.2. The molecule has 0 radical (unpaired) electrons. The van der Waals surface area contributed by atoms with Gasteiger partial charge in [0, 0.05) is 6.54 Å². The Morgan fingerprint density at radius 2 is 2.00 bits per heavy atom. The number of hydrogen-bond acceptors (Lipinski definition) is 6. The van der Waals surface area contributed by atoms with Gasteiger partial charge in [0.25, 0.3) is 10.9 Å². The van der Waals surface area contributed by atoms with E-state index in [9.17, 15) is 9.59 Å². The van der Waals surface area contributed by atoms with E-state index >= 15 is 0 Å². The standard InChI is InChI=1S/C13H11NO5/c1-17-13-10(11(15)12(13)16)14-5-7-2-3-8-9(4-7)19-6-18-8/h2-4,14H,5-6H2,1H3. The lowest BCUT2D eigenvalue weighted by atomic mass is 10.1. The van der Waals surface area contributed by atoms with Crippen molar-refractivity contribution in [1.29, 1.82) is 0 Å². The minimum absolute atomic E-state index is 0.0887. The fourth-order valence-corrected chi connectivity index (χ4v) is 1.97. The fourth-order valence-electron chi connectivity index (χ4n) is 1.97. The molecule has 1 heterocycles. The zero-order chi connectivity index (χ0) is 13.4. The molecule has 6 nitrogen and oxygen atoms in total. The number of fused-ring (bicyclic) bond motifs is 1. The third-order valence-electron chi connectivity index (χ3n) is 2.98. The van der Waals surface area contributed by atoms with Crippen LogP contribution in [0.2, 0.25) is 0 Å². The molecule has 3 rings (SSSR count). The summed E-state index contributed by atoms with van der Waals surface area (Å²) in [5, 5.41) is 2.90. The molecule has 0 unspecified atom stereocenters. The maximum absolute atomic E-state index is 11.3. The highest BCUT2D eigenvalue weighted by Crippen LogP contribution is 2.32. The molecule has 1 aliphatic heterocycles. The van der Waals surface area contributed by atoms with Crippen LogP contribution in [0, 0.1) is 0 Å². The molecule has 0 saturated heterocycles. The van der Waals surface area contributed by atoms with Gasteiger partial charge < -0.3 is 19.5 Å². The molecule has 2 aromatic rings. The Morgan fingerprint density at radius 1 is 1.21 bits per heavy atom. The molecule has 0 fully saturated rings. The zero-order valence-electron chi connectivity index (χ0n) is 10.2. The highest BCUT2D eigenvalue weighted by Gasteiger charge is 2.21. The summed E-state index contributed by atoms with van der Waals surface area (Å²) >= 11 is 0. The van der Waals surface area contributed by atoms with E-state index in [2.05, 4.69) is 5.32 Å². The van der Waals surface area contributed by atoms with Gasteiger partial charge in [-0.05, 0) is 17.7 Å². The summed E-state index contributed by atoms with van der Waals surface area (Å²) in [7, 11) is 1.36. The normalized spacial score (nSPS) is 12.7. The van der Waals surface area contributed by atoms with Gasteiger partial charge in [-0.1, -0.05) is 6.07 Å². The largest absolute Gasteiger partial charge is 0.491 e. The minimum Gasteiger partial charge on any atom is -0.491 e. The Bertz CT molecular complexity index is 699. The third-order valence-corrected chi connectivity index (χ3v) is 2.98. The Kier molecular flexibility index (Phi) is 2.63. The summed E-state index contributed by atoms with van der Waals surface area (Å²) in [5.41, 5.74) is 0.0119. The van der Waals surface area contributed by atoms with Crippen molar-refractivity contribution in [2.75, 3.05) is 19.2 Å². The SMILES string of the molecule is COc1c(NCc2ccc3c(c2)OCO3)c(=O)c1=O. The first-order valence-electron chi connectivity index (χ1n) is 5.70. The number of rotatable bonds is 4.